The fourth-order valence-electron chi connectivity index (χ4n) is 3.27. The summed E-state index contributed by atoms with van der Waals surface area (Å²) in [7, 11) is 0. The molecular formula is C19H17F3N6O. The Balaban J connectivity index is 1.73. The van der Waals surface area contributed by atoms with Crippen molar-refractivity contribution in [1.82, 2.24) is 14.7 Å². The van der Waals surface area contributed by atoms with Crippen molar-refractivity contribution in [1.29, 1.82) is 0 Å². The van der Waals surface area contributed by atoms with Crippen molar-refractivity contribution < 1.29 is 17.9 Å². The molecule has 3 heterocycles. The van der Waals surface area contributed by atoms with E-state index < -0.39 is 18.2 Å². The average Bonchev–Trinajstić information content (AvgIpc) is 2.96. The van der Waals surface area contributed by atoms with Gasteiger partial charge >= 0.3 is 6.61 Å². The molecule has 5 N–H and O–H groups in total. The summed E-state index contributed by atoms with van der Waals surface area (Å²) in [4.78, 5) is 8.67. The van der Waals surface area contributed by atoms with E-state index in [1.807, 2.05) is 0 Å². The lowest BCUT2D eigenvalue weighted by Gasteiger charge is -2.32. The maximum Gasteiger partial charge on any atom is 0.387 e. The Morgan fingerprint density at radius 2 is 1.90 bits per heavy atom. The van der Waals surface area contributed by atoms with Gasteiger partial charge in [-0.05, 0) is 43.3 Å². The first-order valence-corrected chi connectivity index (χ1v) is 8.59. The first-order chi connectivity index (χ1) is 13.7. The fourth-order valence-corrected chi connectivity index (χ4v) is 3.27. The molecule has 7 nitrogen and oxygen atoms in total. The van der Waals surface area contributed by atoms with Crippen molar-refractivity contribution in [2.24, 2.45) is 16.5 Å². The summed E-state index contributed by atoms with van der Waals surface area (Å²) in [6.07, 6.45) is 2.88. The van der Waals surface area contributed by atoms with Gasteiger partial charge in [0.1, 0.15) is 23.0 Å². The molecule has 29 heavy (non-hydrogen) atoms. The summed E-state index contributed by atoms with van der Waals surface area (Å²) in [6.45, 7) is -1.15. The Labute approximate surface area is 163 Å². The zero-order valence-corrected chi connectivity index (χ0v) is 15.2. The standard InChI is InChI=1S/C19H17F3N6O/c1-10-17(28-9-12(20)4-7-16(28)25-10)14-8-15(23)27-19(24,26-14)11-2-5-13(6-3-11)29-18(21)22/h2-9,18,26H,24H2,1H3,(H2,23,27). The summed E-state index contributed by atoms with van der Waals surface area (Å²) < 4.78 is 44.5. The van der Waals surface area contributed by atoms with Crippen molar-refractivity contribution in [2.45, 2.75) is 19.3 Å². The number of benzene rings is 1. The predicted molar refractivity (Wildman–Crippen MR) is 102 cm³/mol. The molecule has 3 aromatic rings. The molecule has 150 valence electrons. The van der Waals surface area contributed by atoms with Crippen LogP contribution in [0.5, 0.6) is 5.75 Å². The molecule has 10 heteroatoms. The van der Waals surface area contributed by atoms with Gasteiger partial charge in [0.2, 0.25) is 5.79 Å². The topological polar surface area (TPSA) is 103 Å². The number of imidazole rings is 1. The van der Waals surface area contributed by atoms with E-state index in [4.69, 9.17) is 11.5 Å². The second-order valence-corrected chi connectivity index (χ2v) is 6.51. The maximum absolute atomic E-state index is 13.8. The van der Waals surface area contributed by atoms with Gasteiger partial charge in [-0.15, -0.1) is 0 Å². The molecule has 1 atom stereocenters. The van der Waals surface area contributed by atoms with Crippen LogP contribution in [-0.4, -0.2) is 21.8 Å². The van der Waals surface area contributed by atoms with Gasteiger partial charge in [0.05, 0.1) is 17.1 Å². The van der Waals surface area contributed by atoms with Crippen LogP contribution in [-0.2, 0) is 5.79 Å². The van der Waals surface area contributed by atoms with Crippen LogP contribution < -0.4 is 21.5 Å². The lowest BCUT2D eigenvalue weighted by molar-refractivity contribution is -0.0498. The average molecular weight is 402 g/mol. The maximum atomic E-state index is 13.8. The molecule has 0 bridgehead atoms. The normalized spacial score (nSPS) is 19.1. The number of amidine groups is 1. The number of nitrogens with two attached hydrogens (primary N) is 2. The zero-order valence-electron chi connectivity index (χ0n) is 15.2. The van der Waals surface area contributed by atoms with Gasteiger partial charge < -0.3 is 15.8 Å². The van der Waals surface area contributed by atoms with Gasteiger partial charge in [0.15, 0.2) is 0 Å². The minimum absolute atomic E-state index is 0.0102. The van der Waals surface area contributed by atoms with Crippen LogP contribution in [0.1, 0.15) is 17.0 Å². The number of hydrogen-bond donors (Lipinski definition) is 3. The number of fused-ring (bicyclic) bond motifs is 1. The minimum Gasteiger partial charge on any atom is -0.435 e. The predicted octanol–water partition coefficient (Wildman–Crippen LogP) is 2.45. The summed E-state index contributed by atoms with van der Waals surface area (Å²) in [5.74, 6) is -1.77. The Hall–Kier alpha value is -3.53. The molecule has 1 aromatic carbocycles. The monoisotopic (exact) mass is 402 g/mol. The van der Waals surface area contributed by atoms with Crippen LogP contribution in [0.25, 0.3) is 11.3 Å². The molecule has 0 amide bonds. The molecule has 1 aliphatic rings. The van der Waals surface area contributed by atoms with Gasteiger partial charge in [-0.25, -0.2) is 14.4 Å². The van der Waals surface area contributed by atoms with Crippen LogP contribution in [0.15, 0.2) is 53.7 Å². The lowest BCUT2D eigenvalue weighted by Crippen LogP contribution is -2.51. The van der Waals surface area contributed by atoms with Crippen LogP contribution in [0, 0.1) is 12.7 Å². The van der Waals surface area contributed by atoms with Crippen LogP contribution >= 0.6 is 0 Å². The van der Waals surface area contributed by atoms with Crippen LogP contribution in [0.3, 0.4) is 0 Å². The molecular weight excluding hydrogens is 385 g/mol. The van der Waals surface area contributed by atoms with Gasteiger partial charge in [0.25, 0.3) is 0 Å². The third-order valence-corrected chi connectivity index (χ3v) is 4.45. The highest BCUT2D eigenvalue weighted by Crippen LogP contribution is 2.29. The zero-order chi connectivity index (χ0) is 20.8. The quantitative estimate of drug-likeness (QED) is 0.622. The van der Waals surface area contributed by atoms with Gasteiger partial charge in [-0.2, -0.15) is 8.78 Å². The lowest BCUT2D eigenvalue weighted by atomic mass is 10.1. The van der Waals surface area contributed by atoms with Crippen molar-refractivity contribution >= 4 is 17.2 Å². The summed E-state index contributed by atoms with van der Waals surface area (Å²) in [5, 5.41) is 3.09. The number of aliphatic imine (C=N–C) groups is 1. The first-order valence-electron chi connectivity index (χ1n) is 8.59. The number of nitrogens with zero attached hydrogens (tertiary/aromatic N) is 3. The highest BCUT2D eigenvalue weighted by Gasteiger charge is 2.32. The molecule has 0 fully saturated rings. The Bertz CT molecular complexity index is 1140. The summed E-state index contributed by atoms with van der Waals surface area (Å²) in [6, 6.07) is 8.61. The smallest absolute Gasteiger partial charge is 0.387 e. The molecule has 4 rings (SSSR count). The van der Waals surface area contributed by atoms with E-state index in [1.54, 1.807) is 23.5 Å². The Morgan fingerprint density at radius 3 is 2.59 bits per heavy atom. The molecule has 0 spiro atoms. The fraction of sp³-hybridized carbons (Fsp3) is 0.158. The number of alkyl halides is 2. The molecule has 0 aliphatic carbocycles. The summed E-state index contributed by atoms with van der Waals surface area (Å²) >= 11 is 0. The molecule has 1 aliphatic heterocycles. The van der Waals surface area contributed by atoms with E-state index >= 15 is 0 Å². The van der Waals surface area contributed by atoms with E-state index in [1.165, 1.54) is 36.5 Å². The first kappa shape index (κ1) is 18.8. The highest BCUT2D eigenvalue weighted by atomic mass is 19.3. The van der Waals surface area contributed by atoms with E-state index in [0.717, 1.165) is 0 Å². The number of nitrogens with one attached hydrogen (secondary N) is 1. The molecule has 2 aromatic heterocycles. The van der Waals surface area contributed by atoms with E-state index in [-0.39, 0.29) is 11.6 Å². The molecule has 0 saturated carbocycles. The van der Waals surface area contributed by atoms with Crippen molar-refractivity contribution in [3.63, 3.8) is 0 Å². The van der Waals surface area contributed by atoms with Gasteiger partial charge in [0, 0.05) is 17.8 Å². The van der Waals surface area contributed by atoms with E-state index in [0.29, 0.717) is 28.3 Å². The van der Waals surface area contributed by atoms with Crippen LogP contribution in [0.4, 0.5) is 13.2 Å². The van der Waals surface area contributed by atoms with E-state index in [2.05, 4.69) is 20.0 Å². The molecule has 1 unspecified atom stereocenters. The second kappa shape index (κ2) is 6.82. The molecule has 0 radical (unpaired) electrons. The number of hydrogen-bond acceptors (Lipinski definition) is 6. The Kier molecular flexibility index (Phi) is 4.42. The number of halogens is 3. The largest absolute Gasteiger partial charge is 0.435 e. The van der Waals surface area contributed by atoms with Gasteiger partial charge in [-0.1, -0.05) is 0 Å². The number of pyridine rings is 1. The summed E-state index contributed by atoms with van der Waals surface area (Å²) in [5.41, 5.74) is 15.1. The van der Waals surface area contributed by atoms with E-state index in [9.17, 15) is 13.2 Å². The SMILES string of the molecule is Cc1nc2ccc(F)cn2c1C1=CC(N)=NC(N)(c2ccc(OC(F)F)cc2)N1. The molecule has 0 saturated heterocycles. The number of rotatable bonds is 4. The number of aryl methyl sites for hydroxylation is 1. The van der Waals surface area contributed by atoms with Crippen LogP contribution in [0.2, 0.25) is 0 Å². The highest BCUT2D eigenvalue weighted by molar-refractivity contribution is 5.99. The van der Waals surface area contributed by atoms with Gasteiger partial charge in [-0.3, -0.25) is 10.1 Å². The second-order valence-electron chi connectivity index (χ2n) is 6.51. The Morgan fingerprint density at radius 1 is 1.17 bits per heavy atom. The number of ether oxygens (including phenoxy) is 1. The number of aromatic nitrogens is 2. The van der Waals surface area contributed by atoms with Crippen molar-refractivity contribution in [2.75, 3.05) is 0 Å². The van der Waals surface area contributed by atoms with Crippen molar-refractivity contribution in [3.8, 4) is 5.75 Å². The minimum atomic E-state index is -2.93. The third kappa shape index (κ3) is 3.49. The third-order valence-electron chi connectivity index (χ3n) is 4.45. The van der Waals surface area contributed by atoms with Crippen molar-refractivity contribution in [3.05, 3.63) is 71.4 Å².